The molecule has 0 heterocycles. The largest absolute Gasteiger partial charge is 0.481 e. The van der Waals surface area contributed by atoms with Gasteiger partial charge >= 0.3 is 5.97 Å². The number of aryl methyl sites for hydroxylation is 1. The topological polar surface area (TPSA) is 37.3 Å². The molecule has 0 aliphatic rings. The Morgan fingerprint density at radius 2 is 1.92 bits per heavy atom. The van der Waals surface area contributed by atoms with Gasteiger partial charge in [0.05, 0.1) is 6.42 Å². The molecule has 70 valence electrons. The van der Waals surface area contributed by atoms with Crippen LogP contribution >= 0.6 is 0 Å². The van der Waals surface area contributed by atoms with Crippen LogP contribution in [-0.4, -0.2) is 11.1 Å². The van der Waals surface area contributed by atoms with Gasteiger partial charge < -0.3 is 5.11 Å². The van der Waals surface area contributed by atoms with Crippen molar-refractivity contribution in [2.45, 2.75) is 26.2 Å². The molecule has 0 fully saturated rings. The van der Waals surface area contributed by atoms with Crippen LogP contribution < -0.4 is 0 Å². The third-order valence-electron chi connectivity index (χ3n) is 2.13. The summed E-state index contributed by atoms with van der Waals surface area (Å²) in [6.45, 7) is 3.95. The molecule has 0 radical (unpaired) electrons. The summed E-state index contributed by atoms with van der Waals surface area (Å²) in [6.07, 6.45) is 0.197. The number of aliphatic carboxylic acids is 1. The number of carboxylic acid groups (broad SMARTS) is 1. The van der Waals surface area contributed by atoms with Gasteiger partial charge in [0.25, 0.3) is 0 Å². The fraction of sp³-hybridized carbons (Fsp3) is 0.364. The molecule has 1 N–H and O–H groups in total. The highest BCUT2D eigenvalue weighted by atomic mass is 16.4. The van der Waals surface area contributed by atoms with E-state index in [2.05, 4.69) is 0 Å². The average Bonchev–Trinajstić information content (AvgIpc) is 2.04. The Bertz CT molecular complexity index is 287. The Morgan fingerprint density at radius 3 is 2.38 bits per heavy atom. The molecular weight excluding hydrogens is 164 g/mol. The molecule has 1 atom stereocenters. The predicted molar refractivity (Wildman–Crippen MR) is 51.8 cm³/mol. The molecule has 1 aromatic carbocycles. The third kappa shape index (κ3) is 2.90. The van der Waals surface area contributed by atoms with Crippen LogP contribution in [0.4, 0.5) is 0 Å². The van der Waals surface area contributed by atoms with E-state index in [1.807, 2.05) is 38.1 Å². The molecule has 2 nitrogen and oxygen atoms in total. The first-order valence-electron chi connectivity index (χ1n) is 4.38. The molecule has 0 aliphatic heterocycles. The maximum atomic E-state index is 10.4. The average molecular weight is 178 g/mol. The van der Waals surface area contributed by atoms with Crippen molar-refractivity contribution in [3.63, 3.8) is 0 Å². The number of hydrogen-bond acceptors (Lipinski definition) is 1. The number of carboxylic acids is 1. The van der Waals surface area contributed by atoms with E-state index in [4.69, 9.17) is 5.11 Å². The Kier molecular flexibility index (Phi) is 3.07. The predicted octanol–water partition coefficient (Wildman–Crippen LogP) is 2.57. The number of rotatable bonds is 3. The van der Waals surface area contributed by atoms with Crippen molar-refractivity contribution in [2.75, 3.05) is 0 Å². The lowest BCUT2D eigenvalue weighted by Crippen LogP contribution is -2.02. The maximum absolute atomic E-state index is 10.4. The highest BCUT2D eigenvalue weighted by Gasteiger charge is 2.08. The van der Waals surface area contributed by atoms with Crippen molar-refractivity contribution in [1.82, 2.24) is 0 Å². The molecule has 1 rings (SSSR count). The van der Waals surface area contributed by atoms with Gasteiger partial charge in [-0.1, -0.05) is 36.8 Å². The number of carbonyl (C=O) groups is 1. The molecule has 0 spiro atoms. The zero-order valence-corrected chi connectivity index (χ0v) is 7.95. The van der Waals surface area contributed by atoms with Gasteiger partial charge in [-0.2, -0.15) is 0 Å². The van der Waals surface area contributed by atoms with Crippen LogP contribution in [0.2, 0.25) is 0 Å². The first-order chi connectivity index (χ1) is 6.09. The molecule has 13 heavy (non-hydrogen) atoms. The summed E-state index contributed by atoms with van der Waals surface area (Å²) in [5, 5.41) is 8.60. The monoisotopic (exact) mass is 178 g/mol. The molecular formula is C11H14O2. The second-order valence-electron chi connectivity index (χ2n) is 3.41. The van der Waals surface area contributed by atoms with Crippen molar-refractivity contribution in [3.8, 4) is 0 Å². The molecule has 0 bridgehead atoms. The van der Waals surface area contributed by atoms with E-state index >= 15 is 0 Å². The van der Waals surface area contributed by atoms with Crippen LogP contribution in [0.1, 0.15) is 30.4 Å². The standard InChI is InChI=1S/C11H14O2/c1-8-3-5-10(6-4-8)9(2)7-11(12)13/h3-6,9H,7H2,1-2H3,(H,12,13)/t9-/m1/s1. The zero-order chi connectivity index (χ0) is 9.84. The first kappa shape index (κ1) is 9.78. The SMILES string of the molecule is Cc1ccc([C@H](C)CC(=O)O)cc1. The first-order valence-corrected chi connectivity index (χ1v) is 4.38. The molecule has 0 aromatic heterocycles. The van der Waals surface area contributed by atoms with Crippen LogP contribution in [0, 0.1) is 6.92 Å². The van der Waals surface area contributed by atoms with Crippen molar-refractivity contribution in [3.05, 3.63) is 35.4 Å². The Labute approximate surface area is 78.2 Å². The zero-order valence-electron chi connectivity index (χ0n) is 7.95. The van der Waals surface area contributed by atoms with E-state index in [1.165, 1.54) is 5.56 Å². The fourth-order valence-corrected chi connectivity index (χ4v) is 1.27. The second-order valence-corrected chi connectivity index (χ2v) is 3.41. The van der Waals surface area contributed by atoms with Crippen molar-refractivity contribution < 1.29 is 9.90 Å². The molecule has 0 saturated carbocycles. The highest BCUT2D eigenvalue weighted by Crippen LogP contribution is 2.18. The van der Waals surface area contributed by atoms with E-state index < -0.39 is 5.97 Å². The Morgan fingerprint density at radius 1 is 1.38 bits per heavy atom. The van der Waals surface area contributed by atoms with E-state index in [9.17, 15) is 4.79 Å². The van der Waals surface area contributed by atoms with Crippen LogP contribution in [0.5, 0.6) is 0 Å². The highest BCUT2D eigenvalue weighted by molar-refractivity contribution is 5.67. The number of hydrogen-bond donors (Lipinski definition) is 1. The van der Waals surface area contributed by atoms with Gasteiger partial charge in [-0.05, 0) is 18.4 Å². The summed E-state index contributed by atoms with van der Waals surface area (Å²) < 4.78 is 0. The maximum Gasteiger partial charge on any atom is 0.303 e. The second kappa shape index (κ2) is 4.08. The third-order valence-corrected chi connectivity index (χ3v) is 2.13. The molecule has 0 unspecified atom stereocenters. The lowest BCUT2D eigenvalue weighted by molar-refractivity contribution is -0.137. The minimum atomic E-state index is -0.743. The van der Waals surface area contributed by atoms with E-state index in [0.29, 0.717) is 0 Å². The summed E-state index contributed by atoms with van der Waals surface area (Å²) in [4.78, 5) is 10.4. The Balaban J connectivity index is 2.71. The van der Waals surface area contributed by atoms with Gasteiger partial charge in [0.1, 0.15) is 0 Å². The van der Waals surface area contributed by atoms with E-state index in [-0.39, 0.29) is 12.3 Å². The van der Waals surface area contributed by atoms with Gasteiger partial charge in [-0.15, -0.1) is 0 Å². The molecule has 0 saturated heterocycles. The van der Waals surface area contributed by atoms with Gasteiger partial charge in [0.2, 0.25) is 0 Å². The summed E-state index contributed by atoms with van der Waals surface area (Å²) in [6, 6.07) is 7.99. The summed E-state index contributed by atoms with van der Waals surface area (Å²) in [5.41, 5.74) is 2.29. The van der Waals surface area contributed by atoms with Crippen molar-refractivity contribution in [2.24, 2.45) is 0 Å². The van der Waals surface area contributed by atoms with Crippen molar-refractivity contribution in [1.29, 1.82) is 0 Å². The van der Waals surface area contributed by atoms with Gasteiger partial charge in [0.15, 0.2) is 0 Å². The van der Waals surface area contributed by atoms with Gasteiger partial charge in [-0.25, -0.2) is 0 Å². The molecule has 1 aromatic rings. The Hall–Kier alpha value is -1.31. The van der Waals surface area contributed by atoms with Crippen molar-refractivity contribution >= 4 is 5.97 Å². The molecule has 2 heteroatoms. The van der Waals surface area contributed by atoms with E-state index in [1.54, 1.807) is 0 Å². The van der Waals surface area contributed by atoms with Crippen LogP contribution in [0.25, 0.3) is 0 Å². The minimum absolute atomic E-state index is 0.0955. The lowest BCUT2D eigenvalue weighted by Gasteiger charge is -2.08. The molecule has 0 amide bonds. The van der Waals surface area contributed by atoms with Gasteiger partial charge in [-0.3, -0.25) is 4.79 Å². The summed E-state index contributed by atoms with van der Waals surface area (Å²) in [7, 11) is 0. The normalized spacial score (nSPS) is 12.5. The van der Waals surface area contributed by atoms with Gasteiger partial charge in [0, 0.05) is 0 Å². The molecule has 0 aliphatic carbocycles. The fourth-order valence-electron chi connectivity index (χ4n) is 1.27. The smallest absolute Gasteiger partial charge is 0.303 e. The number of benzene rings is 1. The van der Waals surface area contributed by atoms with Crippen LogP contribution in [0.15, 0.2) is 24.3 Å². The van der Waals surface area contributed by atoms with Crippen LogP contribution in [-0.2, 0) is 4.79 Å². The minimum Gasteiger partial charge on any atom is -0.481 e. The quantitative estimate of drug-likeness (QED) is 0.772. The summed E-state index contributed by atoms with van der Waals surface area (Å²) in [5.74, 6) is -0.647. The lowest BCUT2D eigenvalue weighted by atomic mass is 9.97. The van der Waals surface area contributed by atoms with Crippen LogP contribution in [0.3, 0.4) is 0 Å². The summed E-state index contributed by atoms with van der Waals surface area (Å²) >= 11 is 0. The van der Waals surface area contributed by atoms with E-state index in [0.717, 1.165) is 5.56 Å².